The molecule has 1 rings (SSSR count). The Labute approximate surface area is 164 Å². The first-order valence-corrected chi connectivity index (χ1v) is 10.1. The van der Waals surface area contributed by atoms with Gasteiger partial charge in [0.2, 0.25) is 5.91 Å². The van der Waals surface area contributed by atoms with Crippen LogP contribution in [0.25, 0.3) is 0 Å². The molecule has 0 heterocycles. The molecule has 0 aliphatic carbocycles. The molecule has 2 amide bonds. The molecule has 150 valence electrons. The number of carbonyl (C=O) groups is 3. The number of nitrogens with one attached hydrogen (secondary N) is 2. The van der Waals surface area contributed by atoms with Crippen molar-refractivity contribution in [2.45, 2.75) is 51.3 Å². The number of ether oxygens (including phenoxy) is 1. The fraction of sp³-hybridized carbons (Fsp3) is 0.526. The Morgan fingerprint density at radius 3 is 2.26 bits per heavy atom. The maximum absolute atomic E-state index is 12.6. The van der Waals surface area contributed by atoms with Gasteiger partial charge in [0.1, 0.15) is 17.7 Å². The molecule has 8 heteroatoms. The van der Waals surface area contributed by atoms with Crippen LogP contribution in [-0.4, -0.2) is 52.8 Å². The van der Waals surface area contributed by atoms with Crippen LogP contribution in [0.2, 0.25) is 0 Å². The third kappa shape index (κ3) is 9.33. The lowest BCUT2D eigenvalue weighted by Gasteiger charge is -2.24. The highest BCUT2D eigenvalue weighted by molar-refractivity contribution is 7.98. The number of carboxylic acids is 1. The third-order valence-electron chi connectivity index (χ3n) is 3.52. The van der Waals surface area contributed by atoms with Crippen molar-refractivity contribution in [3.05, 3.63) is 35.9 Å². The number of aliphatic carboxylic acids is 1. The highest BCUT2D eigenvalue weighted by atomic mass is 32.2. The van der Waals surface area contributed by atoms with Crippen molar-refractivity contribution in [1.82, 2.24) is 10.6 Å². The van der Waals surface area contributed by atoms with Gasteiger partial charge in [-0.05, 0) is 44.8 Å². The van der Waals surface area contributed by atoms with E-state index in [0.29, 0.717) is 12.2 Å². The molecule has 3 N–H and O–H groups in total. The molecule has 0 unspecified atom stereocenters. The summed E-state index contributed by atoms with van der Waals surface area (Å²) >= 11 is 1.53. The van der Waals surface area contributed by atoms with E-state index < -0.39 is 35.7 Å². The minimum absolute atomic E-state index is 0.156. The van der Waals surface area contributed by atoms with E-state index >= 15 is 0 Å². The minimum atomic E-state index is -1.13. The van der Waals surface area contributed by atoms with E-state index in [1.807, 2.05) is 12.3 Å². The van der Waals surface area contributed by atoms with Crippen molar-refractivity contribution in [2.24, 2.45) is 0 Å². The second-order valence-corrected chi connectivity index (χ2v) is 8.06. The summed E-state index contributed by atoms with van der Waals surface area (Å²) in [5, 5.41) is 14.5. The zero-order chi connectivity index (χ0) is 20.4. The first kappa shape index (κ1) is 22.8. The molecular weight excluding hydrogens is 368 g/mol. The average molecular weight is 397 g/mol. The number of alkyl carbamates (subject to hydrolysis) is 1. The van der Waals surface area contributed by atoms with E-state index in [0.717, 1.165) is 5.56 Å². The van der Waals surface area contributed by atoms with Crippen LogP contribution < -0.4 is 10.6 Å². The number of carboxylic acid groups (broad SMARTS) is 1. The quantitative estimate of drug-likeness (QED) is 0.592. The lowest BCUT2D eigenvalue weighted by Crippen LogP contribution is -2.53. The van der Waals surface area contributed by atoms with E-state index in [2.05, 4.69) is 10.6 Å². The fourth-order valence-corrected chi connectivity index (χ4v) is 2.75. The lowest BCUT2D eigenvalue weighted by molar-refractivity contribution is -0.142. The van der Waals surface area contributed by atoms with Crippen LogP contribution in [-0.2, 0) is 20.7 Å². The topological polar surface area (TPSA) is 105 Å². The molecule has 1 aromatic carbocycles. The standard InChI is InChI=1S/C19H28N2O5S/c1-19(2,3)26-18(25)21-14(10-11-27-4)16(22)20-15(17(23)24)12-13-8-6-5-7-9-13/h5-9,14-15H,10-12H2,1-4H3,(H,20,22)(H,21,25)(H,23,24)/t14-,15+/m1/s1. The number of hydrogen-bond donors (Lipinski definition) is 3. The normalized spacial score (nSPS) is 13.3. The molecule has 2 atom stereocenters. The molecule has 7 nitrogen and oxygen atoms in total. The fourth-order valence-electron chi connectivity index (χ4n) is 2.28. The summed E-state index contributed by atoms with van der Waals surface area (Å²) in [7, 11) is 0. The van der Waals surface area contributed by atoms with E-state index in [-0.39, 0.29) is 6.42 Å². The van der Waals surface area contributed by atoms with Crippen molar-refractivity contribution in [3.8, 4) is 0 Å². The maximum Gasteiger partial charge on any atom is 0.408 e. The van der Waals surface area contributed by atoms with Gasteiger partial charge in [0.05, 0.1) is 0 Å². The molecule has 1 aromatic rings. The Balaban J connectivity index is 2.79. The summed E-state index contributed by atoms with van der Waals surface area (Å²) in [5.74, 6) is -1.05. The van der Waals surface area contributed by atoms with Gasteiger partial charge in [-0.1, -0.05) is 30.3 Å². The summed E-state index contributed by atoms with van der Waals surface area (Å²) < 4.78 is 5.19. The molecule has 0 bridgehead atoms. The Kier molecular flexibility index (Phi) is 9.14. The first-order valence-electron chi connectivity index (χ1n) is 8.68. The van der Waals surface area contributed by atoms with Crippen molar-refractivity contribution < 1.29 is 24.2 Å². The van der Waals surface area contributed by atoms with Crippen LogP contribution in [0.5, 0.6) is 0 Å². The lowest BCUT2D eigenvalue weighted by atomic mass is 10.1. The SMILES string of the molecule is CSCC[C@@H](NC(=O)OC(C)(C)C)C(=O)N[C@@H](Cc1ccccc1)C(=O)O. The average Bonchev–Trinajstić information content (AvgIpc) is 2.57. The molecule has 0 fully saturated rings. The number of carbonyl (C=O) groups excluding carboxylic acids is 2. The van der Waals surface area contributed by atoms with E-state index in [4.69, 9.17) is 4.74 Å². The molecule has 0 aliphatic rings. The number of benzene rings is 1. The molecule has 0 saturated carbocycles. The summed E-state index contributed by atoms with van der Waals surface area (Å²) in [6.45, 7) is 5.18. The molecule has 0 aliphatic heterocycles. The number of hydrogen-bond acceptors (Lipinski definition) is 5. The van der Waals surface area contributed by atoms with Crippen LogP contribution in [0.3, 0.4) is 0 Å². The predicted octanol–water partition coefficient (Wildman–Crippen LogP) is 2.44. The van der Waals surface area contributed by atoms with Crippen molar-refractivity contribution in [2.75, 3.05) is 12.0 Å². The molecule has 0 radical (unpaired) electrons. The van der Waals surface area contributed by atoms with E-state index in [1.54, 1.807) is 45.0 Å². The van der Waals surface area contributed by atoms with Crippen LogP contribution >= 0.6 is 11.8 Å². The predicted molar refractivity (Wildman–Crippen MR) is 106 cm³/mol. The number of amides is 2. The highest BCUT2D eigenvalue weighted by Gasteiger charge is 2.28. The molecule has 0 aromatic heterocycles. The van der Waals surface area contributed by atoms with Gasteiger partial charge in [-0.15, -0.1) is 0 Å². The Morgan fingerprint density at radius 2 is 1.74 bits per heavy atom. The van der Waals surface area contributed by atoms with Gasteiger partial charge >= 0.3 is 12.1 Å². The summed E-state index contributed by atoms with van der Waals surface area (Å²) in [6, 6.07) is 7.09. The van der Waals surface area contributed by atoms with Gasteiger partial charge in [-0.3, -0.25) is 4.79 Å². The van der Waals surface area contributed by atoms with Crippen LogP contribution in [0.4, 0.5) is 4.79 Å². The minimum Gasteiger partial charge on any atom is -0.480 e. The Bertz CT molecular complexity index is 631. The highest BCUT2D eigenvalue weighted by Crippen LogP contribution is 2.09. The Hall–Kier alpha value is -2.22. The van der Waals surface area contributed by atoms with Crippen LogP contribution in [0, 0.1) is 0 Å². The second kappa shape index (κ2) is 10.8. The van der Waals surface area contributed by atoms with Crippen LogP contribution in [0.15, 0.2) is 30.3 Å². The second-order valence-electron chi connectivity index (χ2n) is 7.07. The van der Waals surface area contributed by atoms with Gasteiger partial charge in [0, 0.05) is 6.42 Å². The van der Waals surface area contributed by atoms with Gasteiger partial charge in [0.15, 0.2) is 0 Å². The van der Waals surface area contributed by atoms with Crippen molar-refractivity contribution >= 4 is 29.7 Å². The first-order chi connectivity index (χ1) is 12.6. The largest absolute Gasteiger partial charge is 0.480 e. The smallest absolute Gasteiger partial charge is 0.408 e. The number of thioether (sulfide) groups is 1. The molecule has 0 saturated heterocycles. The van der Waals surface area contributed by atoms with Gasteiger partial charge in [-0.25, -0.2) is 9.59 Å². The summed E-state index contributed by atoms with van der Waals surface area (Å²) in [6.07, 6.45) is 1.70. The van der Waals surface area contributed by atoms with E-state index in [9.17, 15) is 19.5 Å². The van der Waals surface area contributed by atoms with Gasteiger partial charge in [-0.2, -0.15) is 11.8 Å². The number of rotatable bonds is 9. The van der Waals surface area contributed by atoms with Gasteiger partial charge < -0.3 is 20.5 Å². The van der Waals surface area contributed by atoms with Gasteiger partial charge in [0.25, 0.3) is 0 Å². The Morgan fingerprint density at radius 1 is 1.11 bits per heavy atom. The zero-order valence-electron chi connectivity index (χ0n) is 16.2. The molecular formula is C19H28N2O5S. The zero-order valence-corrected chi connectivity index (χ0v) is 17.0. The monoisotopic (exact) mass is 396 g/mol. The van der Waals surface area contributed by atoms with Crippen molar-refractivity contribution in [1.29, 1.82) is 0 Å². The molecule has 27 heavy (non-hydrogen) atoms. The summed E-state index contributed by atoms with van der Waals surface area (Å²) in [4.78, 5) is 36.2. The van der Waals surface area contributed by atoms with E-state index in [1.165, 1.54) is 11.8 Å². The van der Waals surface area contributed by atoms with Crippen molar-refractivity contribution in [3.63, 3.8) is 0 Å². The van der Waals surface area contributed by atoms with Crippen LogP contribution in [0.1, 0.15) is 32.8 Å². The molecule has 0 spiro atoms. The third-order valence-corrected chi connectivity index (χ3v) is 4.16. The summed E-state index contributed by atoms with van der Waals surface area (Å²) in [5.41, 5.74) is 0.104. The maximum atomic E-state index is 12.6.